The first-order valence-electron chi connectivity index (χ1n) is 8.10. The summed E-state index contributed by atoms with van der Waals surface area (Å²) in [5, 5.41) is 0. The van der Waals surface area contributed by atoms with E-state index in [1.165, 1.54) is 24.0 Å². The Balaban J connectivity index is 1.82. The van der Waals surface area contributed by atoms with Gasteiger partial charge in [0.05, 0.1) is 6.10 Å². The van der Waals surface area contributed by atoms with Crippen LogP contribution in [0.15, 0.2) is 60.7 Å². The van der Waals surface area contributed by atoms with E-state index >= 15 is 0 Å². The van der Waals surface area contributed by atoms with Gasteiger partial charge in [0, 0.05) is 25.7 Å². The highest BCUT2D eigenvalue weighted by Crippen LogP contribution is 2.47. The number of ether oxygens (including phenoxy) is 1. The van der Waals surface area contributed by atoms with Crippen molar-refractivity contribution >= 4 is 0 Å². The van der Waals surface area contributed by atoms with Crippen molar-refractivity contribution in [3.63, 3.8) is 0 Å². The largest absolute Gasteiger partial charge is 0.380 e. The standard InChI is InChI=1S/C20H25NO/c1-17(22-2)20(13-14-20)21(15-18-9-5-3-6-10-18)16-19-11-7-4-8-12-19/h3-12,17H,13-16H2,1-2H3/t17-/m0/s1. The highest BCUT2D eigenvalue weighted by molar-refractivity contribution is 5.20. The van der Waals surface area contributed by atoms with Gasteiger partial charge >= 0.3 is 0 Å². The molecule has 0 bridgehead atoms. The molecule has 1 aliphatic carbocycles. The normalized spacial score (nSPS) is 17.4. The van der Waals surface area contributed by atoms with Gasteiger partial charge in [-0.2, -0.15) is 0 Å². The highest BCUT2D eigenvalue weighted by Gasteiger charge is 2.52. The van der Waals surface area contributed by atoms with Crippen molar-refractivity contribution in [1.82, 2.24) is 4.90 Å². The van der Waals surface area contributed by atoms with Crippen molar-refractivity contribution in [1.29, 1.82) is 0 Å². The maximum Gasteiger partial charge on any atom is 0.0727 e. The lowest BCUT2D eigenvalue weighted by atomic mass is 10.0. The van der Waals surface area contributed by atoms with Crippen LogP contribution in [0.3, 0.4) is 0 Å². The molecule has 2 aromatic carbocycles. The Bertz CT molecular complexity index is 536. The fraction of sp³-hybridized carbons (Fsp3) is 0.400. The van der Waals surface area contributed by atoms with Gasteiger partial charge in [0.1, 0.15) is 0 Å². The summed E-state index contributed by atoms with van der Waals surface area (Å²) in [6.07, 6.45) is 2.71. The summed E-state index contributed by atoms with van der Waals surface area (Å²) in [4.78, 5) is 2.60. The molecule has 0 aromatic heterocycles. The van der Waals surface area contributed by atoms with E-state index in [0.29, 0.717) is 0 Å². The first-order valence-corrected chi connectivity index (χ1v) is 8.10. The molecule has 1 aliphatic rings. The van der Waals surface area contributed by atoms with Gasteiger partial charge in [0.15, 0.2) is 0 Å². The van der Waals surface area contributed by atoms with Crippen LogP contribution < -0.4 is 0 Å². The van der Waals surface area contributed by atoms with E-state index in [1.807, 2.05) is 7.11 Å². The Morgan fingerprint density at radius 1 is 0.909 bits per heavy atom. The number of hydrogen-bond acceptors (Lipinski definition) is 2. The number of nitrogens with zero attached hydrogens (tertiary/aromatic N) is 1. The van der Waals surface area contributed by atoms with Crippen LogP contribution >= 0.6 is 0 Å². The van der Waals surface area contributed by atoms with E-state index in [0.717, 1.165) is 13.1 Å². The summed E-state index contributed by atoms with van der Waals surface area (Å²) in [5.74, 6) is 0. The minimum absolute atomic E-state index is 0.195. The van der Waals surface area contributed by atoms with Crippen LogP contribution in [-0.4, -0.2) is 23.7 Å². The number of hydrogen-bond donors (Lipinski definition) is 0. The molecule has 0 N–H and O–H groups in total. The van der Waals surface area contributed by atoms with E-state index in [4.69, 9.17) is 4.74 Å². The summed E-state index contributed by atoms with van der Waals surface area (Å²) >= 11 is 0. The molecule has 2 heteroatoms. The van der Waals surface area contributed by atoms with Gasteiger partial charge in [-0.15, -0.1) is 0 Å². The zero-order valence-electron chi connectivity index (χ0n) is 13.5. The maximum atomic E-state index is 5.69. The third-order valence-corrected chi connectivity index (χ3v) is 4.93. The van der Waals surface area contributed by atoms with E-state index in [1.54, 1.807) is 0 Å². The molecule has 0 radical (unpaired) electrons. The van der Waals surface area contributed by atoms with Crippen molar-refractivity contribution in [3.8, 4) is 0 Å². The van der Waals surface area contributed by atoms with Crippen molar-refractivity contribution in [2.75, 3.05) is 7.11 Å². The fourth-order valence-corrected chi connectivity index (χ4v) is 3.31. The van der Waals surface area contributed by atoms with Gasteiger partial charge < -0.3 is 4.74 Å². The lowest BCUT2D eigenvalue weighted by Gasteiger charge is -2.36. The zero-order chi connectivity index (χ0) is 15.4. The quantitative estimate of drug-likeness (QED) is 0.757. The Morgan fingerprint density at radius 2 is 1.36 bits per heavy atom. The first kappa shape index (κ1) is 15.3. The molecule has 0 heterocycles. The van der Waals surface area contributed by atoms with Crippen molar-refractivity contribution < 1.29 is 4.74 Å². The third-order valence-electron chi connectivity index (χ3n) is 4.93. The van der Waals surface area contributed by atoms with E-state index in [2.05, 4.69) is 72.5 Å². The summed E-state index contributed by atoms with van der Waals surface area (Å²) < 4.78 is 5.69. The second kappa shape index (κ2) is 6.64. The molecule has 22 heavy (non-hydrogen) atoms. The first-order chi connectivity index (χ1) is 10.7. The molecular weight excluding hydrogens is 270 g/mol. The van der Waals surface area contributed by atoms with Gasteiger partial charge in [-0.25, -0.2) is 0 Å². The monoisotopic (exact) mass is 295 g/mol. The molecule has 2 aromatic rings. The molecular formula is C20H25NO. The van der Waals surface area contributed by atoms with Crippen LogP contribution in [0, 0.1) is 0 Å². The summed E-state index contributed by atoms with van der Waals surface area (Å²) in [6, 6.07) is 21.5. The number of benzene rings is 2. The van der Waals surface area contributed by atoms with Crippen LogP contribution in [-0.2, 0) is 17.8 Å². The SMILES string of the molecule is CO[C@@H](C)C1(N(Cc2ccccc2)Cc2ccccc2)CC1. The zero-order valence-corrected chi connectivity index (χ0v) is 13.5. The van der Waals surface area contributed by atoms with E-state index in [9.17, 15) is 0 Å². The molecule has 0 saturated heterocycles. The molecule has 0 amide bonds. The third kappa shape index (κ3) is 3.23. The Kier molecular flexibility index (Phi) is 4.60. The van der Waals surface area contributed by atoms with Gasteiger partial charge in [-0.1, -0.05) is 60.7 Å². The molecule has 1 saturated carbocycles. The molecule has 116 valence electrons. The highest BCUT2D eigenvalue weighted by atomic mass is 16.5. The number of rotatable bonds is 7. The average molecular weight is 295 g/mol. The average Bonchev–Trinajstić information content (AvgIpc) is 3.37. The van der Waals surface area contributed by atoms with Gasteiger partial charge in [0.25, 0.3) is 0 Å². The smallest absolute Gasteiger partial charge is 0.0727 e. The summed E-state index contributed by atoms with van der Waals surface area (Å²) in [7, 11) is 1.83. The Morgan fingerprint density at radius 3 is 1.73 bits per heavy atom. The van der Waals surface area contributed by atoms with Crippen LogP contribution in [0.1, 0.15) is 30.9 Å². The van der Waals surface area contributed by atoms with Gasteiger partial charge in [-0.05, 0) is 30.9 Å². The van der Waals surface area contributed by atoms with Crippen LogP contribution in [0.4, 0.5) is 0 Å². The molecule has 0 spiro atoms. The molecule has 2 nitrogen and oxygen atoms in total. The topological polar surface area (TPSA) is 12.5 Å². The van der Waals surface area contributed by atoms with Crippen molar-refractivity contribution in [2.24, 2.45) is 0 Å². The lowest BCUT2D eigenvalue weighted by molar-refractivity contribution is 0.00248. The fourth-order valence-electron chi connectivity index (χ4n) is 3.31. The summed E-state index contributed by atoms with van der Waals surface area (Å²) in [5.41, 5.74) is 2.93. The number of methoxy groups -OCH3 is 1. The minimum Gasteiger partial charge on any atom is -0.380 e. The van der Waals surface area contributed by atoms with Crippen LogP contribution in [0.25, 0.3) is 0 Å². The van der Waals surface area contributed by atoms with Gasteiger partial charge in [0.2, 0.25) is 0 Å². The lowest BCUT2D eigenvalue weighted by Crippen LogP contribution is -2.44. The van der Waals surface area contributed by atoms with E-state index in [-0.39, 0.29) is 11.6 Å². The van der Waals surface area contributed by atoms with Crippen molar-refractivity contribution in [3.05, 3.63) is 71.8 Å². The minimum atomic E-state index is 0.195. The maximum absolute atomic E-state index is 5.69. The van der Waals surface area contributed by atoms with Crippen molar-refractivity contribution in [2.45, 2.75) is 44.5 Å². The second-order valence-electron chi connectivity index (χ2n) is 6.31. The predicted molar refractivity (Wildman–Crippen MR) is 90.6 cm³/mol. The molecule has 0 aliphatic heterocycles. The van der Waals surface area contributed by atoms with E-state index < -0.39 is 0 Å². The van der Waals surface area contributed by atoms with Crippen LogP contribution in [0.5, 0.6) is 0 Å². The Labute approximate surface area is 133 Å². The molecule has 1 fully saturated rings. The molecule has 1 atom stereocenters. The van der Waals surface area contributed by atoms with Crippen LogP contribution in [0.2, 0.25) is 0 Å². The Hall–Kier alpha value is -1.64. The second-order valence-corrected chi connectivity index (χ2v) is 6.31. The molecule has 0 unspecified atom stereocenters. The van der Waals surface area contributed by atoms with Gasteiger partial charge in [-0.3, -0.25) is 4.90 Å². The molecule has 3 rings (SSSR count). The summed E-state index contributed by atoms with van der Waals surface area (Å²) in [6.45, 7) is 4.16. The predicted octanol–water partition coefficient (Wildman–Crippen LogP) is 4.26.